The Balaban J connectivity index is 1.72. The molecule has 0 aliphatic carbocycles. The van der Waals surface area contributed by atoms with E-state index in [1.807, 2.05) is 24.3 Å². The highest BCUT2D eigenvalue weighted by Gasteiger charge is 2.35. The van der Waals surface area contributed by atoms with Crippen molar-refractivity contribution in [3.8, 4) is 0 Å². The summed E-state index contributed by atoms with van der Waals surface area (Å²) in [5.74, 6) is -1.35. The number of carbonyl (C=O) groups is 2. The number of fused-ring (bicyclic) bond motifs is 2. The fourth-order valence-electron chi connectivity index (χ4n) is 3.25. The molecule has 2 heterocycles. The molecule has 0 fully saturated rings. The standard InChI is InChI=1S/C19H15FN2O3/c20-14-5-6-16-13(7-14)9-17(25-16)19(24)22-10-12-4-2-1-3-11(12)8-15(22)18(21)23/h1-7,9,15H,8,10H2,(H2,21,23)/t15-/m0/s1. The Hall–Kier alpha value is -3.15. The summed E-state index contributed by atoms with van der Waals surface area (Å²) in [6.45, 7) is 0.272. The third kappa shape index (κ3) is 2.65. The number of primary amides is 1. The molecule has 0 saturated carbocycles. The smallest absolute Gasteiger partial charge is 0.290 e. The molecule has 1 aliphatic rings. The highest BCUT2D eigenvalue weighted by molar-refractivity contribution is 5.98. The summed E-state index contributed by atoms with van der Waals surface area (Å²) in [4.78, 5) is 26.2. The van der Waals surface area contributed by atoms with E-state index in [1.54, 1.807) is 0 Å². The first-order chi connectivity index (χ1) is 12.0. The predicted octanol–water partition coefficient (Wildman–Crippen LogP) is 2.62. The van der Waals surface area contributed by atoms with Gasteiger partial charge in [-0.2, -0.15) is 0 Å². The maximum absolute atomic E-state index is 13.3. The van der Waals surface area contributed by atoms with Crippen LogP contribution in [0.4, 0.5) is 4.39 Å². The maximum Gasteiger partial charge on any atom is 0.290 e. The Kier molecular flexibility index (Phi) is 3.53. The Morgan fingerprint density at radius 2 is 1.88 bits per heavy atom. The fraction of sp³-hybridized carbons (Fsp3) is 0.158. The number of rotatable bonds is 2. The highest BCUT2D eigenvalue weighted by Crippen LogP contribution is 2.27. The van der Waals surface area contributed by atoms with E-state index in [2.05, 4.69) is 0 Å². The third-order valence-corrected chi connectivity index (χ3v) is 4.53. The van der Waals surface area contributed by atoms with Gasteiger partial charge >= 0.3 is 0 Å². The number of furan rings is 1. The molecule has 4 rings (SSSR count). The lowest BCUT2D eigenvalue weighted by atomic mass is 9.93. The van der Waals surface area contributed by atoms with Crippen LogP contribution in [0.3, 0.4) is 0 Å². The van der Waals surface area contributed by atoms with Crippen molar-refractivity contribution in [1.82, 2.24) is 4.90 Å². The predicted molar refractivity (Wildman–Crippen MR) is 89.2 cm³/mol. The van der Waals surface area contributed by atoms with Crippen molar-refractivity contribution >= 4 is 22.8 Å². The first-order valence-electron chi connectivity index (χ1n) is 7.89. The van der Waals surface area contributed by atoms with Crippen LogP contribution in [0.5, 0.6) is 0 Å². The van der Waals surface area contributed by atoms with Crippen LogP contribution in [0.15, 0.2) is 52.9 Å². The molecule has 2 amide bonds. The maximum atomic E-state index is 13.3. The lowest BCUT2D eigenvalue weighted by molar-refractivity contribution is -0.122. The molecule has 0 saturated heterocycles. The Labute approximate surface area is 142 Å². The Morgan fingerprint density at radius 3 is 2.64 bits per heavy atom. The van der Waals surface area contributed by atoms with E-state index in [1.165, 1.54) is 29.2 Å². The molecule has 1 atom stereocenters. The largest absolute Gasteiger partial charge is 0.451 e. The SMILES string of the molecule is NC(=O)[C@@H]1Cc2ccccc2CN1C(=O)c1cc2cc(F)ccc2o1. The van der Waals surface area contributed by atoms with Gasteiger partial charge in [-0.1, -0.05) is 24.3 Å². The molecule has 6 heteroatoms. The van der Waals surface area contributed by atoms with Gasteiger partial charge in [-0.25, -0.2) is 4.39 Å². The fourth-order valence-corrected chi connectivity index (χ4v) is 3.25. The molecule has 1 aliphatic heterocycles. The first kappa shape index (κ1) is 15.4. The molecule has 2 N–H and O–H groups in total. The van der Waals surface area contributed by atoms with Crippen LogP contribution in [0, 0.1) is 5.82 Å². The molecule has 3 aromatic rings. The summed E-state index contributed by atoms with van der Waals surface area (Å²) in [6, 6.07) is 12.4. The normalized spacial score (nSPS) is 16.7. The average Bonchev–Trinajstić information content (AvgIpc) is 3.03. The minimum atomic E-state index is -0.743. The summed E-state index contributed by atoms with van der Waals surface area (Å²) >= 11 is 0. The van der Waals surface area contributed by atoms with Gasteiger partial charge in [0.15, 0.2) is 5.76 Å². The summed E-state index contributed by atoms with van der Waals surface area (Å²) in [7, 11) is 0. The van der Waals surface area contributed by atoms with Gasteiger partial charge in [0.25, 0.3) is 5.91 Å². The molecule has 0 unspecified atom stereocenters. The zero-order valence-electron chi connectivity index (χ0n) is 13.2. The highest BCUT2D eigenvalue weighted by atomic mass is 19.1. The summed E-state index contributed by atoms with van der Waals surface area (Å²) in [5, 5.41) is 0.497. The van der Waals surface area contributed by atoms with Crippen molar-refractivity contribution < 1.29 is 18.4 Å². The molecular formula is C19H15FN2O3. The van der Waals surface area contributed by atoms with Gasteiger partial charge in [-0.15, -0.1) is 0 Å². The number of carbonyl (C=O) groups excluding carboxylic acids is 2. The second-order valence-corrected chi connectivity index (χ2v) is 6.12. The first-order valence-corrected chi connectivity index (χ1v) is 7.89. The number of nitrogens with zero attached hydrogens (tertiary/aromatic N) is 1. The van der Waals surface area contributed by atoms with Crippen LogP contribution >= 0.6 is 0 Å². The van der Waals surface area contributed by atoms with Crippen LogP contribution in [0.25, 0.3) is 11.0 Å². The topological polar surface area (TPSA) is 76.5 Å². The lowest BCUT2D eigenvalue weighted by Gasteiger charge is -2.34. The number of benzene rings is 2. The van der Waals surface area contributed by atoms with Crippen LogP contribution in [-0.4, -0.2) is 22.8 Å². The van der Waals surface area contributed by atoms with E-state index in [-0.39, 0.29) is 12.3 Å². The van der Waals surface area contributed by atoms with Crippen molar-refractivity contribution in [3.05, 3.63) is 71.2 Å². The lowest BCUT2D eigenvalue weighted by Crippen LogP contribution is -2.51. The summed E-state index contributed by atoms with van der Waals surface area (Å²) in [6.07, 6.45) is 0.367. The van der Waals surface area contributed by atoms with E-state index in [9.17, 15) is 14.0 Å². The minimum Gasteiger partial charge on any atom is -0.451 e. The molecule has 2 aromatic carbocycles. The second-order valence-electron chi connectivity index (χ2n) is 6.12. The number of amides is 2. The molecule has 5 nitrogen and oxygen atoms in total. The average molecular weight is 338 g/mol. The molecule has 0 bridgehead atoms. The molecule has 1 aromatic heterocycles. The number of halogens is 1. The van der Waals surface area contributed by atoms with E-state index < -0.39 is 23.7 Å². The van der Waals surface area contributed by atoms with Crippen molar-refractivity contribution in [2.24, 2.45) is 5.73 Å². The van der Waals surface area contributed by atoms with Crippen molar-refractivity contribution in [3.63, 3.8) is 0 Å². The van der Waals surface area contributed by atoms with Crippen molar-refractivity contribution in [2.75, 3.05) is 0 Å². The van der Waals surface area contributed by atoms with Gasteiger partial charge in [0.05, 0.1) is 0 Å². The van der Waals surface area contributed by atoms with E-state index in [0.717, 1.165) is 11.1 Å². The van der Waals surface area contributed by atoms with Crippen LogP contribution in [0.1, 0.15) is 21.7 Å². The minimum absolute atomic E-state index is 0.0613. The zero-order valence-corrected chi connectivity index (χ0v) is 13.2. The van der Waals surface area contributed by atoms with E-state index >= 15 is 0 Å². The van der Waals surface area contributed by atoms with Gasteiger partial charge in [-0.3, -0.25) is 9.59 Å². The third-order valence-electron chi connectivity index (χ3n) is 4.53. The summed E-state index contributed by atoms with van der Waals surface area (Å²) < 4.78 is 18.9. The van der Waals surface area contributed by atoms with E-state index in [0.29, 0.717) is 17.4 Å². The van der Waals surface area contributed by atoms with Gasteiger partial charge in [0.2, 0.25) is 5.91 Å². The molecule has 126 valence electrons. The van der Waals surface area contributed by atoms with Crippen LogP contribution in [-0.2, 0) is 17.8 Å². The van der Waals surface area contributed by atoms with Gasteiger partial charge in [-0.05, 0) is 35.4 Å². The quantitative estimate of drug-likeness (QED) is 0.780. The van der Waals surface area contributed by atoms with Gasteiger partial charge in [0.1, 0.15) is 17.4 Å². The van der Waals surface area contributed by atoms with Crippen LogP contribution in [0.2, 0.25) is 0 Å². The van der Waals surface area contributed by atoms with Crippen molar-refractivity contribution in [1.29, 1.82) is 0 Å². The van der Waals surface area contributed by atoms with Crippen molar-refractivity contribution in [2.45, 2.75) is 19.0 Å². The van der Waals surface area contributed by atoms with E-state index in [4.69, 9.17) is 10.2 Å². The number of hydrogen-bond acceptors (Lipinski definition) is 3. The zero-order chi connectivity index (χ0) is 17.6. The van der Waals surface area contributed by atoms with Gasteiger partial charge in [0, 0.05) is 18.4 Å². The molecular weight excluding hydrogens is 323 g/mol. The Bertz CT molecular complexity index is 995. The Morgan fingerprint density at radius 1 is 1.12 bits per heavy atom. The molecule has 0 radical (unpaired) electrons. The second kappa shape index (κ2) is 5.73. The number of hydrogen-bond donors (Lipinski definition) is 1. The molecule has 0 spiro atoms. The number of nitrogens with two attached hydrogens (primary N) is 1. The molecule has 25 heavy (non-hydrogen) atoms. The summed E-state index contributed by atoms with van der Waals surface area (Å²) in [5.41, 5.74) is 7.90. The van der Waals surface area contributed by atoms with Crippen LogP contribution < -0.4 is 5.73 Å². The monoisotopic (exact) mass is 338 g/mol. The van der Waals surface area contributed by atoms with Gasteiger partial charge < -0.3 is 15.1 Å².